The number of nitrogens with one attached hydrogen (secondary N) is 1. The summed E-state index contributed by atoms with van der Waals surface area (Å²) in [4.78, 5) is 0. The minimum atomic E-state index is -0.190. The van der Waals surface area contributed by atoms with Crippen LogP contribution in [-0.2, 0) is 6.61 Å². The third-order valence-electron chi connectivity index (χ3n) is 2.75. The van der Waals surface area contributed by atoms with Crippen LogP contribution in [-0.4, -0.2) is 18.2 Å². The molecule has 1 aromatic rings. The van der Waals surface area contributed by atoms with E-state index in [1.165, 1.54) is 6.07 Å². The Morgan fingerprint density at radius 2 is 2.36 bits per heavy atom. The van der Waals surface area contributed by atoms with Crippen molar-refractivity contribution in [2.75, 3.05) is 13.1 Å². The fraction of sp³-hybridized carbons (Fsp3) is 0.455. The minimum absolute atomic E-state index is 0.0971. The van der Waals surface area contributed by atoms with Gasteiger partial charge in [-0.15, -0.1) is 0 Å². The molecule has 1 atom stereocenters. The summed E-state index contributed by atoms with van der Waals surface area (Å²) in [5.41, 5.74) is 1.41. The van der Waals surface area contributed by atoms with E-state index in [1.807, 2.05) is 0 Å². The van der Waals surface area contributed by atoms with Crippen molar-refractivity contribution in [2.45, 2.75) is 18.9 Å². The minimum Gasteiger partial charge on any atom is -0.392 e. The van der Waals surface area contributed by atoms with Crippen molar-refractivity contribution in [2.24, 2.45) is 0 Å². The van der Waals surface area contributed by atoms with Gasteiger partial charge in [-0.05, 0) is 30.2 Å². The maximum absolute atomic E-state index is 13.6. The molecule has 0 spiro atoms. The van der Waals surface area contributed by atoms with E-state index in [-0.39, 0.29) is 12.4 Å². The molecule has 14 heavy (non-hydrogen) atoms. The third-order valence-corrected chi connectivity index (χ3v) is 2.75. The summed E-state index contributed by atoms with van der Waals surface area (Å²) in [5.74, 6) is 0.105. The van der Waals surface area contributed by atoms with Gasteiger partial charge in [-0.1, -0.05) is 12.1 Å². The average molecular weight is 195 g/mol. The van der Waals surface area contributed by atoms with Gasteiger partial charge >= 0.3 is 0 Å². The topological polar surface area (TPSA) is 32.3 Å². The van der Waals surface area contributed by atoms with Gasteiger partial charge in [0, 0.05) is 12.5 Å². The number of rotatable bonds is 2. The first-order valence-electron chi connectivity index (χ1n) is 4.91. The van der Waals surface area contributed by atoms with Crippen LogP contribution in [0, 0.1) is 5.82 Å². The first-order valence-corrected chi connectivity index (χ1v) is 4.91. The normalized spacial score (nSPS) is 21.4. The Morgan fingerprint density at radius 3 is 2.93 bits per heavy atom. The lowest BCUT2D eigenvalue weighted by Crippen LogP contribution is -2.09. The maximum Gasteiger partial charge on any atom is 0.127 e. The molecular formula is C11H14FNO. The Hall–Kier alpha value is -0.930. The van der Waals surface area contributed by atoms with Crippen LogP contribution in [0.2, 0.25) is 0 Å². The van der Waals surface area contributed by atoms with Crippen LogP contribution in [0.3, 0.4) is 0 Å². The first-order chi connectivity index (χ1) is 6.81. The summed E-state index contributed by atoms with van der Waals surface area (Å²) in [7, 11) is 0. The molecule has 2 rings (SSSR count). The molecule has 1 saturated heterocycles. The fourth-order valence-electron chi connectivity index (χ4n) is 1.92. The molecule has 76 valence electrons. The van der Waals surface area contributed by atoms with E-state index in [0.29, 0.717) is 11.5 Å². The molecule has 1 aromatic carbocycles. The van der Waals surface area contributed by atoms with Gasteiger partial charge in [0.25, 0.3) is 0 Å². The standard InChI is InChI=1S/C11H14FNO/c12-11-5-8(7-14)1-2-10(11)9-3-4-13-6-9/h1-2,5,9,13-14H,3-4,6-7H2. The zero-order chi connectivity index (χ0) is 9.97. The summed E-state index contributed by atoms with van der Waals surface area (Å²) >= 11 is 0. The van der Waals surface area contributed by atoms with Crippen LogP contribution in [0.15, 0.2) is 18.2 Å². The fourth-order valence-corrected chi connectivity index (χ4v) is 1.92. The van der Waals surface area contributed by atoms with Gasteiger partial charge in [-0.25, -0.2) is 4.39 Å². The van der Waals surface area contributed by atoms with Gasteiger partial charge in [-0.3, -0.25) is 0 Å². The van der Waals surface area contributed by atoms with Crippen LogP contribution in [0.25, 0.3) is 0 Å². The Bertz CT molecular complexity index is 321. The molecule has 0 radical (unpaired) electrons. The summed E-state index contributed by atoms with van der Waals surface area (Å²) < 4.78 is 13.6. The molecule has 1 fully saturated rings. The van der Waals surface area contributed by atoms with Crippen molar-refractivity contribution in [1.29, 1.82) is 0 Å². The lowest BCUT2D eigenvalue weighted by molar-refractivity contribution is 0.281. The van der Waals surface area contributed by atoms with E-state index >= 15 is 0 Å². The summed E-state index contributed by atoms with van der Waals surface area (Å²) in [5, 5.41) is 12.0. The lowest BCUT2D eigenvalue weighted by atomic mass is 9.97. The van der Waals surface area contributed by atoms with E-state index in [0.717, 1.165) is 25.1 Å². The molecule has 0 saturated carbocycles. The van der Waals surface area contributed by atoms with Crippen molar-refractivity contribution < 1.29 is 9.50 Å². The van der Waals surface area contributed by atoms with Crippen molar-refractivity contribution in [1.82, 2.24) is 5.32 Å². The molecule has 0 bridgehead atoms. The molecule has 1 unspecified atom stereocenters. The van der Waals surface area contributed by atoms with Gasteiger partial charge in [0.1, 0.15) is 5.82 Å². The van der Waals surface area contributed by atoms with E-state index in [2.05, 4.69) is 5.32 Å². The predicted octanol–water partition coefficient (Wildman–Crippen LogP) is 1.39. The highest BCUT2D eigenvalue weighted by molar-refractivity contribution is 5.27. The number of hydrogen-bond acceptors (Lipinski definition) is 2. The molecule has 2 nitrogen and oxygen atoms in total. The van der Waals surface area contributed by atoms with Crippen LogP contribution in [0.5, 0.6) is 0 Å². The molecule has 2 N–H and O–H groups in total. The summed E-state index contributed by atoms with van der Waals surface area (Å²) in [6.45, 7) is 1.72. The largest absolute Gasteiger partial charge is 0.392 e. The zero-order valence-corrected chi connectivity index (χ0v) is 7.96. The Balaban J connectivity index is 2.25. The summed E-state index contributed by atoms with van der Waals surface area (Å²) in [6, 6.07) is 5.00. The third kappa shape index (κ3) is 1.79. The second kappa shape index (κ2) is 4.07. The van der Waals surface area contributed by atoms with Crippen molar-refractivity contribution in [3.8, 4) is 0 Å². The Morgan fingerprint density at radius 1 is 1.50 bits per heavy atom. The first kappa shape index (κ1) is 9.62. The number of hydrogen-bond donors (Lipinski definition) is 2. The number of halogens is 1. The zero-order valence-electron chi connectivity index (χ0n) is 7.96. The van der Waals surface area contributed by atoms with Crippen molar-refractivity contribution in [3.63, 3.8) is 0 Å². The van der Waals surface area contributed by atoms with Gasteiger partial charge in [0.2, 0.25) is 0 Å². The molecule has 1 heterocycles. The van der Waals surface area contributed by atoms with Crippen LogP contribution < -0.4 is 5.32 Å². The van der Waals surface area contributed by atoms with E-state index in [1.54, 1.807) is 12.1 Å². The quantitative estimate of drug-likeness (QED) is 0.747. The maximum atomic E-state index is 13.6. The van der Waals surface area contributed by atoms with Gasteiger partial charge in [-0.2, -0.15) is 0 Å². The predicted molar refractivity (Wildman–Crippen MR) is 52.6 cm³/mol. The number of aliphatic hydroxyl groups is 1. The molecular weight excluding hydrogens is 181 g/mol. The molecule has 0 aromatic heterocycles. The highest BCUT2D eigenvalue weighted by atomic mass is 19.1. The number of aliphatic hydroxyl groups excluding tert-OH is 1. The Kier molecular flexibility index (Phi) is 2.79. The van der Waals surface area contributed by atoms with Crippen LogP contribution in [0.4, 0.5) is 4.39 Å². The van der Waals surface area contributed by atoms with Crippen molar-refractivity contribution in [3.05, 3.63) is 35.1 Å². The second-order valence-corrected chi connectivity index (χ2v) is 3.70. The highest BCUT2D eigenvalue weighted by Crippen LogP contribution is 2.25. The van der Waals surface area contributed by atoms with Crippen molar-refractivity contribution >= 4 is 0 Å². The van der Waals surface area contributed by atoms with Gasteiger partial charge in [0.15, 0.2) is 0 Å². The monoisotopic (exact) mass is 195 g/mol. The molecule has 0 aliphatic carbocycles. The summed E-state index contributed by atoms with van der Waals surface area (Å²) in [6.07, 6.45) is 0.995. The average Bonchev–Trinajstić information content (AvgIpc) is 2.70. The van der Waals surface area contributed by atoms with E-state index < -0.39 is 0 Å². The smallest absolute Gasteiger partial charge is 0.127 e. The van der Waals surface area contributed by atoms with Gasteiger partial charge < -0.3 is 10.4 Å². The van der Waals surface area contributed by atoms with Crippen LogP contribution in [0.1, 0.15) is 23.5 Å². The molecule has 0 amide bonds. The number of benzene rings is 1. The molecule has 3 heteroatoms. The van der Waals surface area contributed by atoms with E-state index in [9.17, 15) is 4.39 Å². The molecule has 1 aliphatic rings. The van der Waals surface area contributed by atoms with Crippen LogP contribution >= 0.6 is 0 Å². The SMILES string of the molecule is OCc1ccc(C2CCNC2)c(F)c1. The molecule has 1 aliphatic heterocycles. The van der Waals surface area contributed by atoms with Gasteiger partial charge in [0.05, 0.1) is 6.61 Å². The lowest BCUT2D eigenvalue weighted by Gasteiger charge is -2.10. The highest BCUT2D eigenvalue weighted by Gasteiger charge is 2.19. The second-order valence-electron chi connectivity index (χ2n) is 3.70. The van der Waals surface area contributed by atoms with E-state index in [4.69, 9.17) is 5.11 Å². The Labute approximate surface area is 82.8 Å².